The number of carbonyl (C=O) groups is 1. The molecule has 2 atom stereocenters. The zero-order valence-electron chi connectivity index (χ0n) is 12.9. The summed E-state index contributed by atoms with van der Waals surface area (Å²) in [6.45, 7) is 3.47. The third kappa shape index (κ3) is 2.49. The molecule has 1 aromatic carbocycles. The fourth-order valence-corrected chi connectivity index (χ4v) is 5.53. The van der Waals surface area contributed by atoms with Gasteiger partial charge in [-0.2, -0.15) is 4.31 Å². The average Bonchev–Trinajstić information content (AvgIpc) is 2.89. The van der Waals surface area contributed by atoms with Crippen molar-refractivity contribution in [2.45, 2.75) is 43.7 Å². The van der Waals surface area contributed by atoms with Gasteiger partial charge in [0.05, 0.1) is 10.4 Å². The highest BCUT2D eigenvalue weighted by molar-refractivity contribution is 7.89. The first-order valence-electron chi connectivity index (χ1n) is 7.44. The molecule has 2 heterocycles. The van der Waals surface area contributed by atoms with Crippen LogP contribution in [0.2, 0.25) is 0 Å². The van der Waals surface area contributed by atoms with Crippen molar-refractivity contribution < 1.29 is 18.3 Å². The van der Waals surface area contributed by atoms with Gasteiger partial charge in [-0.25, -0.2) is 8.42 Å². The molecule has 23 heavy (non-hydrogen) atoms. The summed E-state index contributed by atoms with van der Waals surface area (Å²) in [6, 6.07) is 5.51. The minimum Gasteiger partial charge on any atom is -0.480 e. The highest BCUT2D eigenvalue weighted by Crippen LogP contribution is 2.35. The van der Waals surface area contributed by atoms with Gasteiger partial charge in [-0.3, -0.25) is 9.78 Å². The monoisotopic (exact) mass is 334 g/mol. The summed E-state index contributed by atoms with van der Waals surface area (Å²) in [7, 11) is -3.93. The minimum atomic E-state index is -3.93. The number of aromatic nitrogens is 1. The normalized spacial score (nSPS) is 22.5. The highest BCUT2D eigenvalue weighted by atomic mass is 32.2. The zero-order chi connectivity index (χ0) is 16.8. The van der Waals surface area contributed by atoms with E-state index in [1.165, 1.54) is 0 Å². The van der Waals surface area contributed by atoms with Gasteiger partial charge in [-0.05, 0) is 50.5 Å². The van der Waals surface area contributed by atoms with Crippen LogP contribution in [-0.2, 0) is 14.8 Å². The molecule has 0 unspecified atom stereocenters. The Balaban J connectivity index is 2.24. The molecule has 0 amide bonds. The van der Waals surface area contributed by atoms with Gasteiger partial charge in [0.25, 0.3) is 0 Å². The molecule has 1 aromatic heterocycles. The first kappa shape index (κ1) is 15.9. The Morgan fingerprint density at radius 3 is 2.74 bits per heavy atom. The van der Waals surface area contributed by atoms with Crippen LogP contribution < -0.4 is 0 Å². The summed E-state index contributed by atoms with van der Waals surface area (Å²) >= 11 is 0. The molecule has 7 heteroatoms. The zero-order valence-corrected chi connectivity index (χ0v) is 13.7. The van der Waals surface area contributed by atoms with E-state index >= 15 is 0 Å². The SMILES string of the molecule is Cc1ccc2ncccc2c1S(=O)(=O)N1[C@H](C)CC[C@@H]1C(=O)O. The van der Waals surface area contributed by atoms with Gasteiger partial charge in [0.2, 0.25) is 10.0 Å². The van der Waals surface area contributed by atoms with E-state index in [0.717, 1.165) is 4.31 Å². The number of rotatable bonds is 3. The molecule has 1 aliphatic heterocycles. The van der Waals surface area contributed by atoms with Crippen LogP contribution in [0.4, 0.5) is 0 Å². The van der Waals surface area contributed by atoms with E-state index in [1.54, 1.807) is 44.3 Å². The lowest BCUT2D eigenvalue weighted by Gasteiger charge is -2.26. The number of carboxylic acids is 1. The summed E-state index contributed by atoms with van der Waals surface area (Å²) < 4.78 is 27.6. The van der Waals surface area contributed by atoms with Crippen LogP contribution in [0.5, 0.6) is 0 Å². The number of sulfonamides is 1. The second-order valence-electron chi connectivity index (χ2n) is 5.90. The Hall–Kier alpha value is -1.99. The molecule has 0 radical (unpaired) electrons. The molecular formula is C16H18N2O4S. The summed E-state index contributed by atoms with van der Waals surface area (Å²) in [5, 5.41) is 9.90. The van der Waals surface area contributed by atoms with Crippen molar-refractivity contribution in [3.05, 3.63) is 36.0 Å². The van der Waals surface area contributed by atoms with Crippen molar-refractivity contribution >= 4 is 26.9 Å². The molecule has 1 fully saturated rings. The van der Waals surface area contributed by atoms with Crippen molar-refractivity contribution in [3.8, 4) is 0 Å². The molecule has 1 aliphatic rings. The Morgan fingerprint density at radius 1 is 1.30 bits per heavy atom. The lowest BCUT2D eigenvalue weighted by atomic mass is 10.1. The number of hydrogen-bond donors (Lipinski definition) is 1. The van der Waals surface area contributed by atoms with Gasteiger partial charge in [0.1, 0.15) is 6.04 Å². The summed E-state index contributed by atoms with van der Waals surface area (Å²) in [5.74, 6) is -1.10. The topological polar surface area (TPSA) is 87.6 Å². The van der Waals surface area contributed by atoms with Crippen LogP contribution in [0.15, 0.2) is 35.4 Å². The van der Waals surface area contributed by atoms with E-state index in [9.17, 15) is 18.3 Å². The average molecular weight is 334 g/mol. The lowest BCUT2D eigenvalue weighted by Crippen LogP contribution is -2.44. The molecule has 6 nitrogen and oxygen atoms in total. The molecule has 2 aromatic rings. The fraction of sp³-hybridized carbons (Fsp3) is 0.375. The number of benzene rings is 1. The third-order valence-electron chi connectivity index (χ3n) is 4.35. The molecule has 122 valence electrons. The summed E-state index contributed by atoms with van der Waals surface area (Å²) in [4.78, 5) is 15.8. The fourth-order valence-electron chi connectivity index (χ4n) is 3.28. The predicted molar refractivity (Wildman–Crippen MR) is 85.6 cm³/mol. The summed E-state index contributed by atoms with van der Waals surface area (Å²) in [5.41, 5.74) is 1.17. The maximum atomic E-state index is 13.2. The second-order valence-corrected chi connectivity index (χ2v) is 7.68. The number of aliphatic carboxylic acids is 1. The van der Waals surface area contributed by atoms with E-state index in [0.29, 0.717) is 29.3 Å². The molecule has 0 aliphatic carbocycles. The Bertz CT molecular complexity index is 879. The molecule has 3 rings (SSSR count). The van der Waals surface area contributed by atoms with Crippen LogP contribution in [0.25, 0.3) is 10.9 Å². The van der Waals surface area contributed by atoms with Gasteiger partial charge in [0.15, 0.2) is 0 Å². The summed E-state index contributed by atoms with van der Waals surface area (Å²) in [6.07, 6.45) is 2.47. The number of nitrogens with zero attached hydrogens (tertiary/aromatic N) is 2. The predicted octanol–water partition coefficient (Wildman–Crippen LogP) is 2.17. The minimum absolute atomic E-state index is 0.156. The maximum Gasteiger partial charge on any atom is 0.322 e. The molecule has 1 saturated heterocycles. The van der Waals surface area contributed by atoms with E-state index < -0.39 is 22.0 Å². The van der Waals surface area contributed by atoms with Gasteiger partial charge >= 0.3 is 5.97 Å². The number of fused-ring (bicyclic) bond motifs is 1. The second kappa shape index (κ2) is 5.58. The van der Waals surface area contributed by atoms with Crippen molar-refractivity contribution in [1.29, 1.82) is 0 Å². The highest BCUT2D eigenvalue weighted by Gasteiger charge is 2.44. The standard InChI is InChI=1S/C16H18N2O4S/c1-10-5-7-13-12(4-3-9-17-13)15(10)23(21,22)18-11(2)6-8-14(18)16(19)20/h3-5,7,9,11,14H,6,8H2,1-2H3,(H,19,20)/t11-,14-/m1/s1. The first-order chi connectivity index (χ1) is 10.8. The van der Waals surface area contributed by atoms with Gasteiger partial charge in [0, 0.05) is 17.6 Å². The number of carboxylic acid groups (broad SMARTS) is 1. The maximum absolute atomic E-state index is 13.2. The number of pyridine rings is 1. The van der Waals surface area contributed by atoms with Gasteiger partial charge in [-0.1, -0.05) is 6.07 Å². The van der Waals surface area contributed by atoms with E-state index in [4.69, 9.17) is 0 Å². The Labute approximate surface area is 134 Å². The smallest absolute Gasteiger partial charge is 0.322 e. The largest absolute Gasteiger partial charge is 0.480 e. The van der Waals surface area contributed by atoms with Gasteiger partial charge in [-0.15, -0.1) is 0 Å². The third-order valence-corrected chi connectivity index (χ3v) is 6.58. The number of aryl methyl sites for hydroxylation is 1. The van der Waals surface area contributed by atoms with Crippen LogP contribution in [0.3, 0.4) is 0 Å². The number of hydrogen-bond acceptors (Lipinski definition) is 4. The van der Waals surface area contributed by atoms with E-state index in [1.807, 2.05) is 0 Å². The Morgan fingerprint density at radius 2 is 2.04 bits per heavy atom. The van der Waals surface area contributed by atoms with E-state index in [-0.39, 0.29) is 10.9 Å². The molecule has 1 N–H and O–H groups in total. The van der Waals surface area contributed by atoms with Crippen molar-refractivity contribution in [2.75, 3.05) is 0 Å². The van der Waals surface area contributed by atoms with E-state index in [2.05, 4.69) is 4.98 Å². The first-order valence-corrected chi connectivity index (χ1v) is 8.88. The van der Waals surface area contributed by atoms with Crippen molar-refractivity contribution in [3.63, 3.8) is 0 Å². The van der Waals surface area contributed by atoms with Crippen LogP contribution >= 0.6 is 0 Å². The van der Waals surface area contributed by atoms with Crippen LogP contribution in [0, 0.1) is 6.92 Å². The molecule has 0 bridgehead atoms. The van der Waals surface area contributed by atoms with Crippen molar-refractivity contribution in [2.24, 2.45) is 0 Å². The molecular weight excluding hydrogens is 316 g/mol. The van der Waals surface area contributed by atoms with Crippen molar-refractivity contribution in [1.82, 2.24) is 9.29 Å². The Kier molecular flexibility index (Phi) is 3.85. The lowest BCUT2D eigenvalue weighted by molar-refractivity contribution is -0.140. The van der Waals surface area contributed by atoms with Crippen LogP contribution in [-0.4, -0.2) is 40.9 Å². The van der Waals surface area contributed by atoms with Gasteiger partial charge < -0.3 is 5.11 Å². The van der Waals surface area contributed by atoms with Crippen LogP contribution in [0.1, 0.15) is 25.3 Å². The molecule has 0 spiro atoms. The quantitative estimate of drug-likeness (QED) is 0.929. The molecule has 0 saturated carbocycles.